The Hall–Kier alpha value is -2.44. The molecule has 0 aliphatic heterocycles. The number of carboxylic acid groups (broad SMARTS) is 1. The molecule has 2 aromatic rings. The largest absolute Gasteiger partial charge is 0.477 e. The number of carbonyl (C=O) groups is 1. The van der Waals surface area contributed by atoms with E-state index in [9.17, 15) is 9.59 Å². The summed E-state index contributed by atoms with van der Waals surface area (Å²) in [6, 6.07) is 3.07. The van der Waals surface area contributed by atoms with E-state index in [0.29, 0.717) is 5.56 Å². The molecular weight excluding hydrogens is 224 g/mol. The molecule has 0 saturated heterocycles. The minimum atomic E-state index is -1.10. The van der Waals surface area contributed by atoms with Gasteiger partial charge in [-0.05, 0) is 17.7 Å². The van der Waals surface area contributed by atoms with Gasteiger partial charge in [-0.2, -0.15) is 5.10 Å². The normalized spacial score (nSPS) is 10.4. The van der Waals surface area contributed by atoms with E-state index in [4.69, 9.17) is 5.11 Å². The van der Waals surface area contributed by atoms with E-state index in [2.05, 4.69) is 10.1 Å². The zero-order chi connectivity index (χ0) is 12.4. The van der Waals surface area contributed by atoms with Crippen LogP contribution in [0.1, 0.15) is 16.1 Å². The van der Waals surface area contributed by atoms with E-state index in [1.165, 1.54) is 27.8 Å². The Kier molecular flexibility index (Phi) is 2.73. The molecule has 88 valence electrons. The number of aromatic carboxylic acids is 1. The quantitative estimate of drug-likeness (QED) is 0.789. The number of hydrogen-bond donors (Lipinski definition) is 1. The highest BCUT2D eigenvalue weighted by molar-refractivity contribution is 5.85. The lowest BCUT2D eigenvalue weighted by Crippen LogP contribution is -2.23. The monoisotopic (exact) mass is 234 g/mol. The first-order valence-electron chi connectivity index (χ1n) is 4.84. The van der Waals surface area contributed by atoms with Gasteiger partial charge < -0.3 is 5.11 Å². The van der Waals surface area contributed by atoms with Crippen LogP contribution in [0.3, 0.4) is 0 Å². The van der Waals surface area contributed by atoms with Crippen LogP contribution < -0.4 is 5.69 Å². The van der Waals surface area contributed by atoms with Crippen LogP contribution >= 0.6 is 0 Å². The van der Waals surface area contributed by atoms with E-state index < -0.39 is 5.97 Å². The third kappa shape index (κ3) is 2.22. The van der Waals surface area contributed by atoms with Gasteiger partial charge in [0.2, 0.25) is 0 Å². The molecule has 1 N–H and O–H groups in total. The Morgan fingerprint density at radius 3 is 2.88 bits per heavy atom. The maximum atomic E-state index is 11.5. The van der Waals surface area contributed by atoms with Crippen LogP contribution in [0.2, 0.25) is 0 Å². The molecule has 0 unspecified atom stereocenters. The molecule has 0 radical (unpaired) electrons. The number of hydrogen-bond acceptors (Lipinski definition) is 4. The highest BCUT2D eigenvalue weighted by Crippen LogP contribution is 2.02. The van der Waals surface area contributed by atoms with Crippen LogP contribution in [0.15, 0.2) is 29.5 Å². The predicted octanol–water partition coefficient (Wildman–Crippen LogP) is -0.277. The fraction of sp³-hybridized carbons (Fsp3) is 0.200. The molecule has 7 heteroatoms. The lowest BCUT2D eigenvalue weighted by atomic mass is 10.2. The first-order valence-corrected chi connectivity index (χ1v) is 4.84. The molecule has 7 nitrogen and oxygen atoms in total. The summed E-state index contributed by atoms with van der Waals surface area (Å²) in [5, 5.41) is 12.7. The summed E-state index contributed by atoms with van der Waals surface area (Å²) in [6.45, 7) is 0.225. The van der Waals surface area contributed by atoms with Crippen molar-refractivity contribution in [3.8, 4) is 0 Å². The molecule has 0 aliphatic rings. The molecule has 0 bridgehead atoms. The van der Waals surface area contributed by atoms with Gasteiger partial charge in [-0.15, -0.1) is 0 Å². The summed E-state index contributed by atoms with van der Waals surface area (Å²) >= 11 is 0. The molecule has 0 fully saturated rings. The number of aryl methyl sites for hydroxylation is 1. The summed E-state index contributed by atoms with van der Waals surface area (Å²) in [6.07, 6.45) is 2.80. The lowest BCUT2D eigenvalue weighted by Gasteiger charge is -2.01. The average Bonchev–Trinajstić information content (AvgIpc) is 2.61. The Bertz CT molecular complexity index is 614. The third-order valence-corrected chi connectivity index (χ3v) is 2.26. The Labute approximate surface area is 96.0 Å². The fourth-order valence-electron chi connectivity index (χ4n) is 1.39. The first kappa shape index (κ1) is 11.1. The molecule has 0 aromatic carbocycles. The number of pyridine rings is 1. The molecule has 0 amide bonds. The van der Waals surface area contributed by atoms with Crippen molar-refractivity contribution in [1.29, 1.82) is 0 Å². The van der Waals surface area contributed by atoms with Crippen molar-refractivity contribution in [1.82, 2.24) is 19.3 Å². The van der Waals surface area contributed by atoms with E-state index in [1.54, 1.807) is 13.1 Å². The Balaban J connectivity index is 2.30. The topological polar surface area (TPSA) is 90.0 Å². The standard InChI is InChI=1S/C10H10N4O3/c1-13-6-12-14(10(13)17)5-7-2-3-11-8(4-7)9(15)16/h2-4,6H,5H2,1H3,(H,15,16). The zero-order valence-electron chi connectivity index (χ0n) is 9.07. The molecule has 2 heterocycles. The minimum absolute atomic E-state index is 0.0496. The smallest absolute Gasteiger partial charge is 0.354 e. The van der Waals surface area contributed by atoms with Crippen molar-refractivity contribution in [2.24, 2.45) is 7.05 Å². The fourth-order valence-corrected chi connectivity index (χ4v) is 1.39. The van der Waals surface area contributed by atoms with Gasteiger partial charge in [0.25, 0.3) is 0 Å². The van der Waals surface area contributed by atoms with E-state index in [0.717, 1.165) is 0 Å². The summed E-state index contributed by atoms with van der Waals surface area (Å²) in [5.41, 5.74) is 0.364. The minimum Gasteiger partial charge on any atom is -0.477 e. The van der Waals surface area contributed by atoms with Crippen LogP contribution in [-0.2, 0) is 13.6 Å². The van der Waals surface area contributed by atoms with Gasteiger partial charge >= 0.3 is 11.7 Å². The zero-order valence-corrected chi connectivity index (χ0v) is 9.07. The van der Waals surface area contributed by atoms with Crippen molar-refractivity contribution < 1.29 is 9.90 Å². The van der Waals surface area contributed by atoms with Crippen molar-refractivity contribution in [3.05, 3.63) is 46.4 Å². The summed E-state index contributed by atoms with van der Waals surface area (Å²) in [7, 11) is 1.60. The van der Waals surface area contributed by atoms with Crippen LogP contribution in [0.25, 0.3) is 0 Å². The molecule has 0 atom stereocenters. The maximum absolute atomic E-state index is 11.5. The molecule has 17 heavy (non-hydrogen) atoms. The van der Waals surface area contributed by atoms with Gasteiger partial charge in [0, 0.05) is 13.2 Å². The summed E-state index contributed by atoms with van der Waals surface area (Å²) < 4.78 is 2.60. The maximum Gasteiger partial charge on any atom is 0.354 e. The summed E-state index contributed by atoms with van der Waals surface area (Å²) in [4.78, 5) is 25.9. The number of nitrogens with zero attached hydrogens (tertiary/aromatic N) is 4. The van der Waals surface area contributed by atoms with Gasteiger partial charge in [-0.25, -0.2) is 19.3 Å². The van der Waals surface area contributed by atoms with Crippen molar-refractivity contribution >= 4 is 5.97 Å². The number of carboxylic acids is 1. The second-order valence-corrected chi connectivity index (χ2v) is 3.54. The molecule has 0 spiro atoms. The highest BCUT2D eigenvalue weighted by atomic mass is 16.4. The summed E-state index contributed by atoms with van der Waals surface area (Å²) in [5.74, 6) is -1.10. The van der Waals surface area contributed by atoms with Crippen molar-refractivity contribution in [2.75, 3.05) is 0 Å². The SMILES string of the molecule is Cn1cnn(Cc2ccnc(C(=O)O)c2)c1=O. The Morgan fingerprint density at radius 1 is 1.53 bits per heavy atom. The van der Waals surface area contributed by atoms with Crippen LogP contribution in [0.5, 0.6) is 0 Å². The number of aromatic nitrogens is 4. The number of rotatable bonds is 3. The molecule has 0 aliphatic carbocycles. The lowest BCUT2D eigenvalue weighted by molar-refractivity contribution is 0.0690. The van der Waals surface area contributed by atoms with Gasteiger partial charge in [-0.1, -0.05) is 0 Å². The van der Waals surface area contributed by atoms with Crippen molar-refractivity contribution in [3.63, 3.8) is 0 Å². The predicted molar refractivity (Wildman–Crippen MR) is 57.8 cm³/mol. The van der Waals surface area contributed by atoms with Crippen molar-refractivity contribution in [2.45, 2.75) is 6.54 Å². The molecule has 2 rings (SSSR count). The van der Waals surface area contributed by atoms with Gasteiger partial charge in [-0.3, -0.25) is 4.57 Å². The second kappa shape index (κ2) is 4.20. The molecule has 2 aromatic heterocycles. The average molecular weight is 234 g/mol. The first-order chi connectivity index (χ1) is 8.08. The van der Waals surface area contributed by atoms with Gasteiger partial charge in [0.1, 0.15) is 12.0 Å². The Morgan fingerprint density at radius 2 is 2.29 bits per heavy atom. The molecular formula is C10H10N4O3. The van der Waals surface area contributed by atoms with E-state index in [-0.39, 0.29) is 17.9 Å². The van der Waals surface area contributed by atoms with E-state index >= 15 is 0 Å². The second-order valence-electron chi connectivity index (χ2n) is 3.54. The third-order valence-electron chi connectivity index (χ3n) is 2.26. The highest BCUT2D eigenvalue weighted by Gasteiger charge is 2.07. The van der Waals surface area contributed by atoms with Crippen LogP contribution in [0, 0.1) is 0 Å². The van der Waals surface area contributed by atoms with Crippen LogP contribution in [-0.4, -0.2) is 30.4 Å². The van der Waals surface area contributed by atoms with Gasteiger partial charge in [0.15, 0.2) is 0 Å². The molecule has 0 saturated carbocycles. The van der Waals surface area contributed by atoms with Crippen LogP contribution in [0.4, 0.5) is 0 Å². The van der Waals surface area contributed by atoms with Gasteiger partial charge in [0.05, 0.1) is 6.54 Å². The van der Waals surface area contributed by atoms with E-state index in [1.807, 2.05) is 0 Å².